The average molecular weight is 209 g/mol. The van der Waals surface area contributed by atoms with Crippen molar-refractivity contribution in [3.8, 4) is 0 Å². The van der Waals surface area contributed by atoms with Crippen LogP contribution in [0.4, 0.5) is 0 Å². The van der Waals surface area contributed by atoms with Gasteiger partial charge in [-0.2, -0.15) is 0 Å². The van der Waals surface area contributed by atoms with Crippen molar-refractivity contribution in [3.05, 3.63) is 0 Å². The van der Waals surface area contributed by atoms with Crippen molar-refractivity contribution in [2.24, 2.45) is 0 Å². The Kier molecular flexibility index (Phi) is 7.20. The molecular weight excluding hydrogens is 188 g/mol. The molecule has 0 aliphatic rings. The number of hydrogen-bond acceptors (Lipinski definition) is 1. The molecule has 0 radical (unpaired) electrons. The Balaban J connectivity index is 3.19. The zero-order chi connectivity index (χ0) is 9.45. The van der Waals surface area contributed by atoms with E-state index in [0.29, 0.717) is 5.50 Å². The Morgan fingerprint density at radius 1 is 1.17 bits per heavy atom. The van der Waals surface area contributed by atoms with Crippen molar-refractivity contribution < 1.29 is 4.43 Å². The highest BCUT2D eigenvalue weighted by Crippen LogP contribution is 2.08. The minimum atomic E-state index is -1.47. The van der Waals surface area contributed by atoms with Crippen LogP contribution in [0.3, 0.4) is 0 Å². The van der Waals surface area contributed by atoms with Crippen LogP contribution in [0, 0.1) is 0 Å². The van der Waals surface area contributed by atoms with Gasteiger partial charge in [0, 0.05) is 12.1 Å². The van der Waals surface area contributed by atoms with E-state index in [9.17, 15) is 0 Å². The molecule has 3 heteroatoms. The third kappa shape index (κ3) is 7.13. The molecule has 0 rings (SSSR count). The van der Waals surface area contributed by atoms with Crippen LogP contribution in [0.15, 0.2) is 0 Å². The van der Waals surface area contributed by atoms with Gasteiger partial charge in [0.15, 0.2) is 0 Å². The fourth-order valence-electron chi connectivity index (χ4n) is 0.916. The predicted octanol–water partition coefficient (Wildman–Crippen LogP) is 3.57. The lowest BCUT2D eigenvalue weighted by Crippen LogP contribution is -2.33. The molecular formula is C9H21ClOSi. The van der Waals surface area contributed by atoms with E-state index in [4.69, 9.17) is 16.0 Å². The quantitative estimate of drug-likeness (QED) is 0.353. The molecule has 0 aromatic carbocycles. The number of alkyl halides is 1. The molecule has 0 aliphatic heterocycles. The lowest BCUT2D eigenvalue weighted by Gasteiger charge is -2.19. The van der Waals surface area contributed by atoms with Crippen LogP contribution in [0.2, 0.25) is 13.1 Å². The van der Waals surface area contributed by atoms with E-state index in [1.807, 2.05) is 0 Å². The molecule has 0 unspecified atom stereocenters. The maximum atomic E-state index is 5.77. The average Bonchev–Trinajstić information content (AvgIpc) is 2.04. The number of halogens is 1. The van der Waals surface area contributed by atoms with Crippen LogP contribution >= 0.6 is 11.6 Å². The summed E-state index contributed by atoms with van der Waals surface area (Å²) < 4.78 is 5.73. The van der Waals surface area contributed by atoms with Gasteiger partial charge < -0.3 is 4.43 Å². The maximum absolute atomic E-state index is 5.77. The number of rotatable bonds is 7. The molecule has 0 atom stereocenters. The van der Waals surface area contributed by atoms with Gasteiger partial charge in [0.1, 0.15) is 0 Å². The Morgan fingerprint density at radius 2 is 1.83 bits per heavy atom. The van der Waals surface area contributed by atoms with Crippen molar-refractivity contribution in [3.63, 3.8) is 0 Å². The Morgan fingerprint density at radius 3 is 2.33 bits per heavy atom. The molecule has 0 aromatic heterocycles. The minimum Gasteiger partial charge on any atom is -0.416 e. The van der Waals surface area contributed by atoms with E-state index in [1.165, 1.54) is 25.7 Å². The minimum absolute atomic E-state index is 0.709. The largest absolute Gasteiger partial charge is 0.416 e. The van der Waals surface area contributed by atoms with Gasteiger partial charge in [-0.25, -0.2) is 0 Å². The maximum Gasteiger partial charge on any atom is 0.201 e. The summed E-state index contributed by atoms with van der Waals surface area (Å²) in [7, 11) is -1.47. The summed E-state index contributed by atoms with van der Waals surface area (Å²) in [6.45, 7) is 7.46. The lowest BCUT2D eigenvalue weighted by molar-refractivity contribution is 0.298. The smallest absolute Gasteiger partial charge is 0.201 e. The van der Waals surface area contributed by atoms with Gasteiger partial charge in [-0.05, 0) is 19.5 Å². The fraction of sp³-hybridized carbons (Fsp3) is 1.00. The van der Waals surface area contributed by atoms with Crippen molar-refractivity contribution in [2.75, 3.05) is 12.1 Å². The second-order valence-electron chi connectivity index (χ2n) is 3.80. The van der Waals surface area contributed by atoms with E-state index < -0.39 is 8.32 Å². The molecule has 1 nitrogen and oxygen atoms in total. The van der Waals surface area contributed by atoms with Gasteiger partial charge in [0.2, 0.25) is 8.32 Å². The first-order chi connectivity index (χ1) is 5.62. The highest BCUT2D eigenvalue weighted by atomic mass is 35.5. The van der Waals surface area contributed by atoms with Crippen LogP contribution < -0.4 is 0 Å². The molecule has 0 saturated carbocycles. The molecule has 0 spiro atoms. The summed E-state index contributed by atoms with van der Waals surface area (Å²) >= 11 is 5.77. The van der Waals surface area contributed by atoms with E-state index >= 15 is 0 Å². The molecule has 0 saturated heterocycles. The Labute approximate surface area is 82.6 Å². The van der Waals surface area contributed by atoms with Crippen molar-refractivity contribution in [1.29, 1.82) is 0 Å². The summed E-state index contributed by atoms with van der Waals surface area (Å²) in [6, 6.07) is 0. The second-order valence-corrected chi connectivity index (χ2v) is 8.68. The highest BCUT2D eigenvalue weighted by molar-refractivity contribution is 6.77. The van der Waals surface area contributed by atoms with E-state index in [0.717, 1.165) is 6.61 Å². The van der Waals surface area contributed by atoms with E-state index in [2.05, 4.69) is 20.0 Å². The summed E-state index contributed by atoms with van der Waals surface area (Å²) in [5.74, 6) is 0. The zero-order valence-electron chi connectivity index (χ0n) is 8.53. The van der Waals surface area contributed by atoms with Crippen LogP contribution in [0.25, 0.3) is 0 Å². The van der Waals surface area contributed by atoms with Crippen molar-refractivity contribution in [2.45, 2.75) is 45.7 Å². The highest BCUT2D eigenvalue weighted by Gasteiger charge is 2.19. The van der Waals surface area contributed by atoms with Crippen molar-refractivity contribution in [1.82, 2.24) is 0 Å². The van der Waals surface area contributed by atoms with Crippen LogP contribution in [-0.2, 0) is 4.43 Å². The Hall–Kier alpha value is 0.467. The summed E-state index contributed by atoms with van der Waals surface area (Å²) in [6.07, 6.45) is 5.10. The first-order valence-corrected chi connectivity index (χ1v) is 8.47. The standard InChI is InChI=1S/C9H21ClOSi/c1-4-5-6-7-8-11-12(2,3)9-10/h4-9H2,1-3H3. The molecule has 0 amide bonds. The van der Waals surface area contributed by atoms with Gasteiger partial charge in [-0.3, -0.25) is 0 Å². The van der Waals surface area contributed by atoms with Crippen molar-refractivity contribution >= 4 is 19.9 Å². The van der Waals surface area contributed by atoms with Crippen LogP contribution in [-0.4, -0.2) is 20.4 Å². The first-order valence-electron chi connectivity index (χ1n) is 4.82. The van der Waals surface area contributed by atoms with Crippen LogP contribution in [0.1, 0.15) is 32.6 Å². The predicted molar refractivity (Wildman–Crippen MR) is 58.3 cm³/mol. The SMILES string of the molecule is CCCCCCO[Si](C)(C)CCl. The zero-order valence-corrected chi connectivity index (χ0v) is 10.3. The van der Waals surface area contributed by atoms with Gasteiger partial charge in [-0.1, -0.05) is 26.2 Å². The Bertz CT molecular complexity index is 107. The van der Waals surface area contributed by atoms with Gasteiger partial charge in [0.05, 0.1) is 0 Å². The topological polar surface area (TPSA) is 9.23 Å². The van der Waals surface area contributed by atoms with Gasteiger partial charge in [-0.15, -0.1) is 11.6 Å². The first kappa shape index (κ1) is 12.5. The lowest BCUT2D eigenvalue weighted by atomic mass is 10.2. The number of unbranched alkanes of at least 4 members (excludes halogenated alkanes) is 3. The molecule has 0 aromatic rings. The van der Waals surface area contributed by atoms with Gasteiger partial charge >= 0.3 is 0 Å². The summed E-state index contributed by atoms with van der Waals surface area (Å²) in [4.78, 5) is 0. The normalized spacial score (nSPS) is 12.0. The van der Waals surface area contributed by atoms with E-state index in [-0.39, 0.29) is 0 Å². The third-order valence-corrected chi connectivity index (χ3v) is 5.37. The molecule has 0 aliphatic carbocycles. The molecule has 0 heterocycles. The third-order valence-electron chi connectivity index (χ3n) is 1.81. The number of hydrogen-bond donors (Lipinski definition) is 0. The monoisotopic (exact) mass is 208 g/mol. The fourth-order valence-corrected chi connectivity index (χ4v) is 1.92. The van der Waals surface area contributed by atoms with E-state index in [1.54, 1.807) is 0 Å². The van der Waals surface area contributed by atoms with Crippen LogP contribution in [0.5, 0.6) is 0 Å². The summed E-state index contributed by atoms with van der Waals surface area (Å²) in [5, 5.41) is 0. The van der Waals surface area contributed by atoms with Gasteiger partial charge in [0.25, 0.3) is 0 Å². The molecule has 74 valence electrons. The molecule has 0 N–H and O–H groups in total. The second kappa shape index (κ2) is 6.93. The molecule has 0 bridgehead atoms. The summed E-state index contributed by atoms with van der Waals surface area (Å²) in [5.41, 5.74) is 0.709. The molecule has 12 heavy (non-hydrogen) atoms. The molecule has 0 fully saturated rings.